The molecule has 0 aromatic heterocycles. The summed E-state index contributed by atoms with van der Waals surface area (Å²) in [6, 6.07) is 10.9. The molecule has 2 heteroatoms. The van der Waals surface area contributed by atoms with E-state index in [1.54, 1.807) is 0 Å². The standard InChI is InChI=1S/C18H29NO/c1-3-19(4-2)13-12-17(18-11-8-14-20-18)15-16-9-6-5-7-10-16/h5-7,9-10,17-18H,3-4,8,11-15H2,1-2H3/t17-,18+/m0/s1. The summed E-state index contributed by atoms with van der Waals surface area (Å²) in [5.74, 6) is 0.667. The predicted molar refractivity (Wildman–Crippen MR) is 85.0 cm³/mol. The molecule has 112 valence electrons. The van der Waals surface area contributed by atoms with Gasteiger partial charge in [0.2, 0.25) is 0 Å². The van der Waals surface area contributed by atoms with Crippen LogP contribution < -0.4 is 0 Å². The van der Waals surface area contributed by atoms with Crippen LogP contribution in [0.4, 0.5) is 0 Å². The fourth-order valence-electron chi connectivity index (χ4n) is 3.20. The monoisotopic (exact) mass is 275 g/mol. The van der Waals surface area contributed by atoms with E-state index < -0.39 is 0 Å². The van der Waals surface area contributed by atoms with Crippen molar-refractivity contribution in [1.29, 1.82) is 0 Å². The molecule has 0 unspecified atom stereocenters. The van der Waals surface area contributed by atoms with Crippen LogP contribution in [0.25, 0.3) is 0 Å². The molecule has 1 aromatic rings. The van der Waals surface area contributed by atoms with Crippen LogP contribution in [-0.4, -0.2) is 37.2 Å². The minimum atomic E-state index is 0.478. The van der Waals surface area contributed by atoms with Gasteiger partial charge in [-0.2, -0.15) is 0 Å². The van der Waals surface area contributed by atoms with E-state index in [0.29, 0.717) is 12.0 Å². The Hall–Kier alpha value is -0.860. The highest BCUT2D eigenvalue weighted by Gasteiger charge is 2.26. The topological polar surface area (TPSA) is 12.5 Å². The first-order chi connectivity index (χ1) is 9.83. The molecular formula is C18H29NO. The van der Waals surface area contributed by atoms with Gasteiger partial charge >= 0.3 is 0 Å². The van der Waals surface area contributed by atoms with Crippen LogP contribution in [0.1, 0.15) is 38.7 Å². The second-order valence-corrected chi connectivity index (χ2v) is 5.82. The van der Waals surface area contributed by atoms with Crippen LogP contribution in [0.2, 0.25) is 0 Å². The van der Waals surface area contributed by atoms with E-state index >= 15 is 0 Å². The summed E-state index contributed by atoms with van der Waals surface area (Å²) in [6.07, 6.45) is 5.37. The van der Waals surface area contributed by atoms with E-state index in [1.165, 1.54) is 31.4 Å². The molecule has 0 saturated carbocycles. The van der Waals surface area contributed by atoms with E-state index in [4.69, 9.17) is 4.74 Å². The molecule has 1 saturated heterocycles. The lowest BCUT2D eigenvalue weighted by molar-refractivity contribution is 0.0551. The van der Waals surface area contributed by atoms with Crippen LogP contribution >= 0.6 is 0 Å². The van der Waals surface area contributed by atoms with Gasteiger partial charge in [0.05, 0.1) is 6.10 Å². The van der Waals surface area contributed by atoms with Crippen LogP contribution in [0.15, 0.2) is 30.3 Å². The Bertz CT molecular complexity index is 355. The summed E-state index contributed by atoms with van der Waals surface area (Å²) in [5.41, 5.74) is 1.45. The quantitative estimate of drug-likeness (QED) is 0.716. The fraction of sp³-hybridized carbons (Fsp3) is 0.667. The SMILES string of the molecule is CCN(CC)CC[C@@H](Cc1ccccc1)[C@H]1CCCO1. The van der Waals surface area contributed by atoms with Crippen molar-refractivity contribution in [3.8, 4) is 0 Å². The highest BCUT2D eigenvalue weighted by atomic mass is 16.5. The highest BCUT2D eigenvalue weighted by molar-refractivity contribution is 5.15. The second kappa shape index (κ2) is 8.43. The molecular weight excluding hydrogens is 246 g/mol. The van der Waals surface area contributed by atoms with Crippen molar-refractivity contribution in [2.75, 3.05) is 26.2 Å². The number of benzene rings is 1. The summed E-state index contributed by atoms with van der Waals surface area (Å²) in [4.78, 5) is 2.52. The zero-order chi connectivity index (χ0) is 14.2. The van der Waals surface area contributed by atoms with Gasteiger partial charge in [-0.1, -0.05) is 44.2 Å². The summed E-state index contributed by atoms with van der Waals surface area (Å²) in [5, 5.41) is 0. The van der Waals surface area contributed by atoms with E-state index in [0.717, 1.165) is 26.1 Å². The van der Waals surface area contributed by atoms with Gasteiger partial charge in [-0.3, -0.25) is 0 Å². The fourth-order valence-corrected chi connectivity index (χ4v) is 3.20. The molecule has 1 aromatic carbocycles. The molecule has 0 N–H and O–H groups in total. The molecule has 1 aliphatic heterocycles. The Kier molecular flexibility index (Phi) is 6.55. The first kappa shape index (κ1) is 15.5. The summed E-state index contributed by atoms with van der Waals surface area (Å²) in [7, 11) is 0. The van der Waals surface area contributed by atoms with E-state index in [-0.39, 0.29) is 0 Å². The van der Waals surface area contributed by atoms with Crippen LogP contribution in [-0.2, 0) is 11.2 Å². The third kappa shape index (κ3) is 4.60. The Balaban J connectivity index is 1.93. The van der Waals surface area contributed by atoms with Gasteiger partial charge in [0.1, 0.15) is 0 Å². The number of hydrogen-bond acceptors (Lipinski definition) is 2. The smallest absolute Gasteiger partial charge is 0.0607 e. The molecule has 0 radical (unpaired) electrons. The molecule has 1 heterocycles. The third-order valence-corrected chi connectivity index (χ3v) is 4.54. The van der Waals surface area contributed by atoms with Crippen molar-refractivity contribution >= 4 is 0 Å². The van der Waals surface area contributed by atoms with Crippen molar-refractivity contribution in [1.82, 2.24) is 4.90 Å². The highest BCUT2D eigenvalue weighted by Crippen LogP contribution is 2.26. The van der Waals surface area contributed by atoms with Gasteiger partial charge in [-0.15, -0.1) is 0 Å². The van der Waals surface area contributed by atoms with Gasteiger partial charge in [-0.25, -0.2) is 0 Å². The maximum absolute atomic E-state index is 5.97. The average molecular weight is 275 g/mol. The molecule has 0 spiro atoms. The van der Waals surface area contributed by atoms with E-state index in [1.807, 2.05) is 0 Å². The lowest BCUT2D eigenvalue weighted by atomic mass is 9.89. The average Bonchev–Trinajstić information content (AvgIpc) is 3.02. The summed E-state index contributed by atoms with van der Waals surface area (Å²) >= 11 is 0. The zero-order valence-corrected chi connectivity index (χ0v) is 13.1. The molecule has 1 aliphatic rings. The van der Waals surface area contributed by atoms with E-state index in [9.17, 15) is 0 Å². The normalized spacial score (nSPS) is 20.4. The minimum absolute atomic E-state index is 0.478. The molecule has 20 heavy (non-hydrogen) atoms. The second-order valence-electron chi connectivity index (χ2n) is 5.82. The third-order valence-electron chi connectivity index (χ3n) is 4.54. The first-order valence-electron chi connectivity index (χ1n) is 8.21. The van der Waals surface area contributed by atoms with Gasteiger partial charge < -0.3 is 9.64 Å². The summed E-state index contributed by atoms with van der Waals surface area (Å²) < 4.78 is 5.97. The predicted octanol–water partition coefficient (Wildman–Crippen LogP) is 3.76. The molecule has 1 fully saturated rings. The Morgan fingerprint density at radius 2 is 1.95 bits per heavy atom. The van der Waals surface area contributed by atoms with Crippen molar-refractivity contribution < 1.29 is 4.74 Å². The maximum atomic E-state index is 5.97. The van der Waals surface area contributed by atoms with Gasteiger partial charge in [0.25, 0.3) is 0 Å². The lowest BCUT2D eigenvalue weighted by Gasteiger charge is -2.26. The van der Waals surface area contributed by atoms with Gasteiger partial charge in [0, 0.05) is 6.61 Å². The molecule has 2 nitrogen and oxygen atoms in total. The zero-order valence-electron chi connectivity index (χ0n) is 13.1. The van der Waals surface area contributed by atoms with Crippen molar-refractivity contribution in [3.05, 3.63) is 35.9 Å². The van der Waals surface area contributed by atoms with Crippen LogP contribution in [0.3, 0.4) is 0 Å². The number of ether oxygens (including phenoxy) is 1. The van der Waals surface area contributed by atoms with Crippen LogP contribution in [0.5, 0.6) is 0 Å². The Morgan fingerprint density at radius 3 is 2.55 bits per heavy atom. The molecule has 0 bridgehead atoms. The van der Waals surface area contributed by atoms with Crippen molar-refractivity contribution in [2.24, 2.45) is 5.92 Å². The van der Waals surface area contributed by atoms with Crippen molar-refractivity contribution in [2.45, 2.75) is 45.6 Å². The lowest BCUT2D eigenvalue weighted by Crippen LogP contribution is -2.30. The Morgan fingerprint density at radius 1 is 1.20 bits per heavy atom. The van der Waals surface area contributed by atoms with Gasteiger partial charge in [0.15, 0.2) is 0 Å². The van der Waals surface area contributed by atoms with E-state index in [2.05, 4.69) is 49.1 Å². The molecule has 0 aliphatic carbocycles. The first-order valence-corrected chi connectivity index (χ1v) is 8.21. The molecule has 2 atom stereocenters. The summed E-state index contributed by atoms with van der Waals surface area (Å²) in [6.45, 7) is 8.97. The Labute approximate surface area is 124 Å². The van der Waals surface area contributed by atoms with Crippen molar-refractivity contribution in [3.63, 3.8) is 0 Å². The number of hydrogen-bond donors (Lipinski definition) is 0. The number of nitrogens with zero attached hydrogens (tertiary/aromatic N) is 1. The molecule has 2 rings (SSSR count). The largest absolute Gasteiger partial charge is 0.378 e. The van der Waals surface area contributed by atoms with Gasteiger partial charge in [-0.05, 0) is 56.8 Å². The number of rotatable bonds is 8. The van der Waals surface area contributed by atoms with Crippen LogP contribution in [0, 0.1) is 5.92 Å². The molecule has 0 amide bonds. The minimum Gasteiger partial charge on any atom is -0.378 e. The maximum Gasteiger partial charge on any atom is 0.0607 e.